The van der Waals surface area contributed by atoms with Crippen molar-refractivity contribution in [2.45, 2.75) is 43.6 Å². The van der Waals surface area contributed by atoms with Crippen molar-refractivity contribution >= 4 is 34.8 Å². The maximum atomic E-state index is 15.2. The zero-order valence-corrected chi connectivity index (χ0v) is 19.6. The highest BCUT2D eigenvalue weighted by Gasteiger charge is 2.50. The Morgan fingerprint density at radius 2 is 1.76 bits per heavy atom. The number of nitrogens with zero attached hydrogens (tertiary/aromatic N) is 2. The molecule has 10 heteroatoms. The van der Waals surface area contributed by atoms with Gasteiger partial charge in [-0.2, -0.15) is 13.2 Å². The summed E-state index contributed by atoms with van der Waals surface area (Å²) in [7, 11) is 0. The maximum absolute atomic E-state index is 15.2. The van der Waals surface area contributed by atoms with Crippen molar-refractivity contribution in [3.63, 3.8) is 0 Å². The standard InChI is InChI=1S/C24H20Cl2F4N2O2/c1-22(16-8-17(24(28,29)30)20(26)18(25)9-16)10-19(31-34-22)13-4-6-15(7-5-13)23(27)11-32(12-23)21(33)14-2-3-14/h4-9,14H,2-3,10-12H2,1H3. The highest BCUT2D eigenvalue weighted by Crippen LogP contribution is 2.45. The minimum Gasteiger partial charge on any atom is -0.384 e. The Hall–Kier alpha value is -2.32. The van der Waals surface area contributed by atoms with Gasteiger partial charge in [-0.1, -0.05) is 52.6 Å². The van der Waals surface area contributed by atoms with Gasteiger partial charge in [0, 0.05) is 17.9 Å². The monoisotopic (exact) mass is 514 g/mol. The maximum Gasteiger partial charge on any atom is 0.417 e. The number of oxime groups is 1. The highest BCUT2D eigenvalue weighted by atomic mass is 35.5. The lowest BCUT2D eigenvalue weighted by atomic mass is 9.85. The molecule has 0 radical (unpaired) electrons. The van der Waals surface area contributed by atoms with Crippen LogP contribution in [0, 0.1) is 5.92 Å². The minimum atomic E-state index is -4.67. The van der Waals surface area contributed by atoms with Crippen LogP contribution in [0.5, 0.6) is 0 Å². The fourth-order valence-electron chi connectivity index (χ4n) is 4.40. The van der Waals surface area contributed by atoms with E-state index >= 15 is 4.39 Å². The lowest BCUT2D eigenvalue weighted by molar-refractivity contribution is -0.147. The van der Waals surface area contributed by atoms with Crippen molar-refractivity contribution in [3.05, 3.63) is 68.7 Å². The summed E-state index contributed by atoms with van der Waals surface area (Å²) in [5.41, 5.74) is -1.96. The molecule has 5 rings (SSSR count). The molecule has 1 atom stereocenters. The molecule has 1 unspecified atom stereocenters. The zero-order valence-electron chi connectivity index (χ0n) is 18.1. The van der Waals surface area contributed by atoms with E-state index in [0.29, 0.717) is 16.8 Å². The molecule has 4 nitrogen and oxygen atoms in total. The van der Waals surface area contributed by atoms with E-state index in [9.17, 15) is 18.0 Å². The van der Waals surface area contributed by atoms with Gasteiger partial charge in [0.15, 0.2) is 11.3 Å². The molecule has 3 aliphatic rings. The fraction of sp³-hybridized carbons (Fsp3) is 0.417. The van der Waals surface area contributed by atoms with E-state index in [1.165, 1.54) is 6.07 Å². The second-order valence-electron chi connectivity index (χ2n) is 9.37. The molecule has 2 aliphatic heterocycles. The van der Waals surface area contributed by atoms with E-state index in [4.69, 9.17) is 28.0 Å². The van der Waals surface area contributed by atoms with Crippen LogP contribution in [0.1, 0.15) is 48.4 Å². The van der Waals surface area contributed by atoms with Gasteiger partial charge in [-0.05, 0) is 43.0 Å². The van der Waals surface area contributed by atoms with Gasteiger partial charge in [-0.3, -0.25) is 4.79 Å². The molecule has 2 fully saturated rings. The summed E-state index contributed by atoms with van der Waals surface area (Å²) in [5, 5.41) is 3.29. The van der Waals surface area contributed by atoms with E-state index in [2.05, 4.69) is 5.16 Å². The minimum absolute atomic E-state index is 0.0256. The van der Waals surface area contributed by atoms with Gasteiger partial charge in [0.1, 0.15) is 0 Å². The Balaban J connectivity index is 1.31. The largest absolute Gasteiger partial charge is 0.417 e. The number of alkyl halides is 4. The Labute approximate surface area is 203 Å². The predicted octanol–water partition coefficient (Wildman–Crippen LogP) is 6.47. The van der Waals surface area contributed by atoms with Crippen molar-refractivity contribution in [3.8, 4) is 0 Å². The van der Waals surface area contributed by atoms with Crippen molar-refractivity contribution in [1.29, 1.82) is 0 Å². The first-order chi connectivity index (χ1) is 15.9. The fourth-order valence-corrected chi connectivity index (χ4v) is 4.83. The van der Waals surface area contributed by atoms with Gasteiger partial charge >= 0.3 is 6.18 Å². The number of carbonyl (C=O) groups excluding carboxylic acids is 1. The van der Waals surface area contributed by atoms with Gasteiger partial charge in [-0.25, -0.2) is 4.39 Å². The summed E-state index contributed by atoms with van der Waals surface area (Å²) in [6, 6.07) is 8.96. The number of halogens is 6. The van der Waals surface area contributed by atoms with E-state index < -0.39 is 28.0 Å². The second kappa shape index (κ2) is 7.85. The van der Waals surface area contributed by atoms with Crippen LogP contribution in [0.4, 0.5) is 17.6 Å². The molecule has 0 N–H and O–H groups in total. The van der Waals surface area contributed by atoms with Crippen LogP contribution in [0.2, 0.25) is 10.0 Å². The summed E-state index contributed by atoms with van der Waals surface area (Å²) >= 11 is 11.7. The van der Waals surface area contributed by atoms with E-state index in [-0.39, 0.29) is 41.9 Å². The molecule has 1 aliphatic carbocycles. The quantitative estimate of drug-likeness (QED) is 0.438. The van der Waals surface area contributed by atoms with Crippen molar-refractivity contribution in [1.82, 2.24) is 4.90 Å². The summed E-state index contributed by atoms with van der Waals surface area (Å²) in [6.45, 7) is 1.71. The van der Waals surface area contributed by atoms with Crippen molar-refractivity contribution in [2.24, 2.45) is 11.1 Å². The first kappa shape index (κ1) is 23.4. The average Bonchev–Trinajstić information content (AvgIpc) is 3.53. The van der Waals surface area contributed by atoms with Crippen LogP contribution in [-0.4, -0.2) is 29.6 Å². The Morgan fingerprint density at radius 1 is 1.12 bits per heavy atom. The number of likely N-dealkylation sites (tertiary alicyclic amines) is 1. The van der Waals surface area contributed by atoms with Crippen LogP contribution < -0.4 is 0 Å². The van der Waals surface area contributed by atoms with Crippen LogP contribution in [0.15, 0.2) is 41.6 Å². The molecule has 0 spiro atoms. The summed E-state index contributed by atoms with van der Waals surface area (Å²) in [4.78, 5) is 19.2. The molecule has 180 valence electrons. The summed E-state index contributed by atoms with van der Waals surface area (Å²) < 4.78 is 55.4. The van der Waals surface area contributed by atoms with Gasteiger partial charge in [0.25, 0.3) is 0 Å². The Bertz CT molecular complexity index is 1190. The van der Waals surface area contributed by atoms with Gasteiger partial charge in [-0.15, -0.1) is 0 Å². The van der Waals surface area contributed by atoms with E-state index in [1.54, 1.807) is 36.1 Å². The molecule has 34 heavy (non-hydrogen) atoms. The van der Waals surface area contributed by atoms with Crippen LogP contribution in [-0.2, 0) is 27.1 Å². The molecule has 2 aromatic rings. The van der Waals surface area contributed by atoms with E-state index in [0.717, 1.165) is 18.9 Å². The molecule has 1 saturated carbocycles. The molecule has 0 aromatic heterocycles. The molecule has 1 saturated heterocycles. The van der Waals surface area contributed by atoms with E-state index in [1.807, 2.05) is 0 Å². The highest BCUT2D eigenvalue weighted by molar-refractivity contribution is 6.42. The first-order valence-electron chi connectivity index (χ1n) is 10.8. The Morgan fingerprint density at radius 3 is 2.35 bits per heavy atom. The smallest absolute Gasteiger partial charge is 0.384 e. The number of benzene rings is 2. The lowest BCUT2D eigenvalue weighted by Crippen LogP contribution is -2.59. The van der Waals surface area contributed by atoms with Crippen LogP contribution >= 0.6 is 23.2 Å². The molecule has 0 bridgehead atoms. The number of hydrogen-bond acceptors (Lipinski definition) is 3. The third-order valence-corrected chi connectivity index (χ3v) is 7.47. The molecular weight excluding hydrogens is 495 g/mol. The van der Waals surface area contributed by atoms with Crippen molar-refractivity contribution in [2.75, 3.05) is 13.1 Å². The third kappa shape index (κ3) is 4.05. The molecule has 2 aromatic carbocycles. The number of hydrogen-bond donors (Lipinski definition) is 0. The molecule has 2 heterocycles. The normalized spacial score (nSPS) is 23.9. The van der Waals surface area contributed by atoms with Gasteiger partial charge < -0.3 is 9.74 Å². The third-order valence-electron chi connectivity index (χ3n) is 6.66. The summed E-state index contributed by atoms with van der Waals surface area (Å²) in [6.07, 6.45) is -2.72. The first-order valence-corrected chi connectivity index (χ1v) is 11.6. The van der Waals surface area contributed by atoms with Gasteiger partial charge in [0.2, 0.25) is 5.91 Å². The predicted molar refractivity (Wildman–Crippen MR) is 120 cm³/mol. The number of rotatable bonds is 4. The molecular formula is C24H20Cl2F4N2O2. The SMILES string of the molecule is CC1(c2cc(Cl)c(Cl)c(C(F)(F)F)c2)CC(c2ccc(C3(F)CN(C(=O)C4CC4)C3)cc2)=NO1. The lowest BCUT2D eigenvalue weighted by Gasteiger charge is -2.45. The van der Waals surface area contributed by atoms with Crippen LogP contribution in [0.25, 0.3) is 0 Å². The molecule has 1 amide bonds. The Kier molecular flexibility index (Phi) is 5.41. The zero-order chi connectivity index (χ0) is 24.5. The summed E-state index contributed by atoms with van der Waals surface area (Å²) in [5.74, 6) is 0.0852. The second-order valence-corrected chi connectivity index (χ2v) is 10.2. The topological polar surface area (TPSA) is 41.9 Å². The average molecular weight is 515 g/mol. The number of amides is 1. The van der Waals surface area contributed by atoms with Crippen molar-refractivity contribution < 1.29 is 27.2 Å². The number of carbonyl (C=O) groups is 1. The van der Waals surface area contributed by atoms with Gasteiger partial charge in [0.05, 0.1) is 34.4 Å². The van der Waals surface area contributed by atoms with Crippen LogP contribution in [0.3, 0.4) is 0 Å².